The molecule has 2 aromatic carbocycles. The van der Waals surface area contributed by atoms with Crippen molar-refractivity contribution in [3.8, 4) is 11.5 Å². The molecule has 0 bridgehead atoms. The number of benzene rings is 2. The third-order valence-electron chi connectivity index (χ3n) is 4.91. The zero-order valence-electron chi connectivity index (χ0n) is 15.6. The second kappa shape index (κ2) is 8.10. The highest BCUT2D eigenvalue weighted by molar-refractivity contribution is 5.90. The fourth-order valence-electron chi connectivity index (χ4n) is 3.37. The molecule has 0 aliphatic carbocycles. The molecule has 0 spiro atoms. The van der Waals surface area contributed by atoms with Crippen molar-refractivity contribution in [2.24, 2.45) is 0 Å². The summed E-state index contributed by atoms with van der Waals surface area (Å²) in [7, 11) is 1.55. The van der Waals surface area contributed by atoms with Gasteiger partial charge < -0.3 is 28.8 Å². The van der Waals surface area contributed by atoms with Crippen LogP contribution >= 0.6 is 0 Å². The van der Waals surface area contributed by atoms with Crippen LogP contribution in [0.1, 0.15) is 20.7 Å². The minimum absolute atomic E-state index is 0.0615. The van der Waals surface area contributed by atoms with E-state index >= 15 is 0 Å². The van der Waals surface area contributed by atoms with E-state index in [-0.39, 0.29) is 19.0 Å². The number of ether oxygens (including phenoxy) is 5. The zero-order valence-corrected chi connectivity index (χ0v) is 15.6. The molecule has 0 radical (unpaired) electrons. The molecule has 29 heavy (non-hydrogen) atoms. The number of fused-ring (bicyclic) bond motifs is 1. The van der Waals surface area contributed by atoms with Crippen molar-refractivity contribution < 1.29 is 38.4 Å². The van der Waals surface area contributed by atoms with Crippen LogP contribution in [0.5, 0.6) is 11.5 Å². The Labute approximate surface area is 166 Å². The number of aromatic hydroxyl groups is 1. The highest BCUT2D eigenvalue weighted by atomic mass is 16.7. The molecule has 2 aromatic rings. The van der Waals surface area contributed by atoms with Gasteiger partial charge in [-0.2, -0.15) is 0 Å². The molecule has 4 atom stereocenters. The van der Waals surface area contributed by atoms with Crippen LogP contribution in [-0.4, -0.2) is 61.8 Å². The summed E-state index contributed by atoms with van der Waals surface area (Å²) in [5.41, 5.74) is 0.703. The lowest BCUT2D eigenvalue weighted by Crippen LogP contribution is -2.36. The summed E-state index contributed by atoms with van der Waals surface area (Å²) in [6.45, 7) is 0.306. The van der Waals surface area contributed by atoms with E-state index in [4.69, 9.17) is 23.7 Å². The number of hydrogen-bond acceptors (Lipinski definition) is 8. The molecule has 152 valence electrons. The van der Waals surface area contributed by atoms with Gasteiger partial charge in [-0.1, -0.05) is 0 Å². The maximum atomic E-state index is 12.4. The number of hydrogen-bond donors (Lipinski definition) is 1. The first kappa shape index (κ1) is 19.2. The lowest BCUT2D eigenvalue weighted by Gasteiger charge is -2.17. The van der Waals surface area contributed by atoms with Gasteiger partial charge >= 0.3 is 11.9 Å². The molecule has 0 saturated carbocycles. The van der Waals surface area contributed by atoms with E-state index in [9.17, 15) is 14.7 Å². The summed E-state index contributed by atoms with van der Waals surface area (Å²) >= 11 is 0. The standard InChI is InChI=1S/C21H20O8/c1-25-15-8-4-13(5-9-15)21(24)29-17-11-27-18-16(10-26-19(17)18)28-20(23)12-2-6-14(22)7-3-12/h2-9,16-19,22H,10-11H2,1H3/t16-,17-,18-,19-/m0/s1. The number of phenols is 1. The van der Waals surface area contributed by atoms with Crippen LogP contribution in [-0.2, 0) is 18.9 Å². The van der Waals surface area contributed by atoms with Crippen LogP contribution < -0.4 is 4.74 Å². The first-order valence-electron chi connectivity index (χ1n) is 9.13. The molecule has 2 saturated heterocycles. The molecule has 0 unspecified atom stereocenters. The van der Waals surface area contributed by atoms with Gasteiger partial charge in [-0.05, 0) is 48.5 Å². The van der Waals surface area contributed by atoms with Gasteiger partial charge in [0.25, 0.3) is 0 Å². The summed E-state index contributed by atoms with van der Waals surface area (Å²) < 4.78 is 27.5. The highest BCUT2D eigenvalue weighted by Gasteiger charge is 2.51. The number of esters is 2. The highest BCUT2D eigenvalue weighted by Crippen LogP contribution is 2.31. The summed E-state index contributed by atoms with van der Waals surface area (Å²) in [4.78, 5) is 24.7. The largest absolute Gasteiger partial charge is 0.508 e. The van der Waals surface area contributed by atoms with E-state index in [1.165, 1.54) is 24.3 Å². The lowest BCUT2D eigenvalue weighted by atomic mass is 10.1. The number of carbonyl (C=O) groups is 2. The monoisotopic (exact) mass is 400 g/mol. The SMILES string of the molecule is COc1ccc(C(=O)O[C@H]2CO[C@@H]3[C@H]2OC[C@@H]3OC(=O)c2ccc(O)cc2)cc1. The van der Waals surface area contributed by atoms with E-state index in [0.29, 0.717) is 16.9 Å². The molecule has 2 aliphatic heterocycles. The Kier molecular flexibility index (Phi) is 5.37. The Balaban J connectivity index is 1.35. The second-order valence-electron chi connectivity index (χ2n) is 6.76. The first-order chi connectivity index (χ1) is 14.0. The Bertz CT molecular complexity index is 877. The van der Waals surface area contributed by atoms with Crippen LogP contribution in [0.25, 0.3) is 0 Å². The van der Waals surface area contributed by atoms with Crippen molar-refractivity contribution >= 4 is 11.9 Å². The zero-order chi connectivity index (χ0) is 20.4. The van der Waals surface area contributed by atoms with E-state index in [0.717, 1.165) is 0 Å². The predicted molar refractivity (Wildman–Crippen MR) is 99.0 cm³/mol. The van der Waals surface area contributed by atoms with Crippen LogP contribution in [0.15, 0.2) is 48.5 Å². The molecular weight excluding hydrogens is 380 g/mol. The number of carbonyl (C=O) groups excluding carboxylic acids is 2. The van der Waals surface area contributed by atoms with E-state index in [1.807, 2.05) is 0 Å². The minimum Gasteiger partial charge on any atom is -0.508 e. The average Bonchev–Trinajstić information content (AvgIpc) is 3.32. The van der Waals surface area contributed by atoms with Crippen LogP contribution in [0.2, 0.25) is 0 Å². The van der Waals surface area contributed by atoms with Crippen LogP contribution in [0.4, 0.5) is 0 Å². The molecule has 2 fully saturated rings. The Morgan fingerprint density at radius 2 is 1.28 bits per heavy atom. The van der Waals surface area contributed by atoms with E-state index in [2.05, 4.69) is 0 Å². The topological polar surface area (TPSA) is 101 Å². The van der Waals surface area contributed by atoms with Crippen molar-refractivity contribution in [2.45, 2.75) is 24.4 Å². The molecule has 2 aliphatic rings. The predicted octanol–water partition coefficient (Wildman–Crippen LogP) is 1.95. The minimum atomic E-state index is -0.606. The van der Waals surface area contributed by atoms with Crippen molar-refractivity contribution in [3.63, 3.8) is 0 Å². The maximum absolute atomic E-state index is 12.4. The number of phenolic OH excluding ortho intramolecular Hbond substituents is 1. The van der Waals surface area contributed by atoms with Crippen molar-refractivity contribution in [3.05, 3.63) is 59.7 Å². The smallest absolute Gasteiger partial charge is 0.338 e. The van der Waals surface area contributed by atoms with Crippen molar-refractivity contribution in [1.82, 2.24) is 0 Å². The Morgan fingerprint density at radius 3 is 1.72 bits per heavy atom. The van der Waals surface area contributed by atoms with Crippen LogP contribution in [0.3, 0.4) is 0 Å². The average molecular weight is 400 g/mol. The van der Waals surface area contributed by atoms with Gasteiger partial charge in [-0.25, -0.2) is 9.59 Å². The van der Waals surface area contributed by atoms with Gasteiger partial charge in [0.15, 0.2) is 12.2 Å². The van der Waals surface area contributed by atoms with Gasteiger partial charge in [0.1, 0.15) is 23.7 Å². The second-order valence-corrected chi connectivity index (χ2v) is 6.76. The van der Waals surface area contributed by atoms with Gasteiger partial charge in [0.05, 0.1) is 31.5 Å². The third-order valence-corrected chi connectivity index (χ3v) is 4.91. The molecule has 4 rings (SSSR count). The van der Waals surface area contributed by atoms with Crippen molar-refractivity contribution in [2.75, 3.05) is 20.3 Å². The summed E-state index contributed by atoms with van der Waals surface area (Å²) in [5.74, 6) is -0.328. The van der Waals surface area contributed by atoms with E-state index in [1.54, 1.807) is 31.4 Å². The Morgan fingerprint density at radius 1 is 0.828 bits per heavy atom. The normalized spacial score (nSPS) is 25.3. The number of rotatable bonds is 5. The molecule has 0 amide bonds. The molecule has 0 aromatic heterocycles. The first-order valence-corrected chi connectivity index (χ1v) is 9.13. The fourth-order valence-corrected chi connectivity index (χ4v) is 3.37. The van der Waals surface area contributed by atoms with Gasteiger partial charge in [0.2, 0.25) is 0 Å². The molecule has 1 N–H and O–H groups in total. The summed E-state index contributed by atoms with van der Waals surface area (Å²) in [5, 5.41) is 9.32. The Hall–Kier alpha value is -3.10. The maximum Gasteiger partial charge on any atom is 0.338 e. The fraction of sp³-hybridized carbons (Fsp3) is 0.333. The molecule has 8 heteroatoms. The van der Waals surface area contributed by atoms with E-state index < -0.39 is 36.4 Å². The van der Waals surface area contributed by atoms with Gasteiger partial charge in [-0.15, -0.1) is 0 Å². The quantitative estimate of drug-likeness (QED) is 0.760. The summed E-state index contributed by atoms with van der Waals surface area (Å²) in [6.07, 6.45) is -2.21. The van der Waals surface area contributed by atoms with Gasteiger partial charge in [-0.3, -0.25) is 0 Å². The summed E-state index contributed by atoms with van der Waals surface area (Å²) in [6, 6.07) is 12.3. The van der Waals surface area contributed by atoms with Crippen LogP contribution in [0, 0.1) is 0 Å². The van der Waals surface area contributed by atoms with Crippen molar-refractivity contribution in [1.29, 1.82) is 0 Å². The molecular formula is C21H20O8. The third kappa shape index (κ3) is 4.03. The van der Waals surface area contributed by atoms with Gasteiger partial charge in [0, 0.05) is 0 Å². The molecule has 8 nitrogen and oxygen atoms in total. The molecule has 2 heterocycles. The number of methoxy groups -OCH3 is 1. The lowest BCUT2D eigenvalue weighted by molar-refractivity contribution is -0.0287.